The van der Waals surface area contributed by atoms with E-state index in [0.29, 0.717) is 5.39 Å². The number of benzene rings is 1. The highest BCUT2D eigenvalue weighted by Gasteiger charge is 2.01. The first-order valence-corrected chi connectivity index (χ1v) is 7.00. The molecule has 2 heterocycles. The Balaban J connectivity index is 1.76. The van der Waals surface area contributed by atoms with Crippen LogP contribution in [0.5, 0.6) is 0 Å². The zero-order chi connectivity index (χ0) is 13.1. The predicted molar refractivity (Wildman–Crippen MR) is 78.9 cm³/mol. The van der Waals surface area contributed by atoms with Crippen molar-refractivity contribution in [2.45, 2.75) is 6.42 Å². The molecule has 0 radical (unpaired) electrons. The summed E-state index contributed by atoms with van der Waals surface area (Å²) in [6.07, 6.45) is 0.846. The summed E-state index contributed by atoms with van der Waals surface area (Å²) < 4.78 is 0. The number of pyridine rings is 1. The number of thiazole rings is 1. The van der Waals surface area contributed by atoms with Crippen LogP contribution in [0.3, 0.4) is 0 Å². The van der Waals surface area contributed by atoms with Crippen LogP contribution in [0.4, 0.5) is 5.82 Å². The summed E-state index contributed by atoms with van der Waals surface area (Å²) in [7, 11) is 0. The lowest BCUT2D eigenvalue weighted by Crippen LogP contribution is -2.12. The maximum absolute atomic E-state index is 11.9. The van der Waals surface area contributed by atoms with Crippen molar-refractivity contribution in [3.8, 4) is 0 Å². The number of aromatic amines is 1. The van der Waals surface area contributed by atoms with E-state index in [-0.39, 0.29) is 5.56 Å². The van der Waals surface area contributed by atoms with Crippen LogP contribution >= 0.6 is 11.3 Å². The van der Waals surface area contributed by atoms with E-state index in [4.69, 9.17) is 0 Å². The molecule has 1 aromatic carbocycles. The Morgan fingerprint density at radius 2 is 2.21 bits per heavy atom. The minimum absolute atomic E-state index is 0.0609. The first-order valence-electron chi connectivity index (χ1n) is 6.06. The Morgan fingerprint density at radius 3 is 3.05 bits per heavy atom. The summed E-state index contributed by atoms with van der Waals surface area (Å²) in [5, 5.41) is 6.92. The SMILES string of the molecule is O=c1[nH]c(NCCc2cscn2)cc2ccccc12. The van der Waals surface area contributed by atoms with Gasteiger partial charge in [0, 0.05) is 23.7 Å². The quantitative estimate of drug-likeness (QED) is 0.767. The van der Waals surface area contributed by atoms with Crippen molar-refractivity contribution in [3.63, 3.8) is 0 Å². The molecule has 3 rings (SSSR count). The summed E-state index contributed by atoms with van der Waals surface area (Å²) >= 11 is 1.59. The van der Waals surface area contributed by atoms with E-state index in [9.17, 15) is 4.79 Å². The maximum atomic E-state index is 11.9. The third-order valence-corrected chi connectivity index (χ3v) is 3.57. The van der Waals surface area contributed by atoms with E-state index < -0.39 is 0 Å². The molecule has 0 atom stereocenters. The van der Waals surface area contributed by atoms with E-state index in [1.54, 1.807) is 11.3 Å². The Hall–Kier alpha value is -2.14. The minimum atomic E-state index is -0.0609. The van der Waals surface area contributed by atoms with Crippen molar-refractivity contribution < 1.29 is 0 Å². The second-order valence-corrected chi connectivity index (χ2v) is 4.97. The molecular formula is C14H13N3OS. The Morgan fingerprint density at radius 1 is 1.32 bits per heavy atom. The lowest BCUT2D eigenvalue weighted by molar-refractivity contribution is 0.967. The molecule has 96 valence electrons. The van der Waals surface area contributed by atoms with Gasteiger partial charge in [-0.15, -0.1) is 11.3 Å². The van der Waals surface area contributed by atoms with Gasteiger partial charge in [-0.1, -0.05) is 18.2 Å². The molecule has 0 aliphatic rings. The molecule has 5 heteroatoms. The van der Waals surface area contributed by atoms with Crippen molar-refractivity contribution in [1.29, 1.82) is 0 Å². The molecule has 0 bridgehead atoms. The fourth-order valence-corrected chi connectivity index (χ4v) is 2.59. The van der Waals surface area contributed by atoms with E-state index in [2.05, 4.69) is 15.3 Å². The fourth-order valence-electron chi connectivity index (χ4n) is 1.99. The second kappa shape index (κ2) is 5.24. The van der Waals surface area contributed by atoms with Crippen molar-refractivity contribution in [2.24, 2.45) is 0 Å². The molecule has 2 N–H and O–H groups in total. The van der Waals surface area contributed by atoms with Crippen LogP contribution in [-0.4, -0.2) is 16.5 Å². The van der Waals surface area contributed by atoms with Crippen LogP contribution in [0, 0.1) is 0 Å². The van der Waals surface area contributed by atoms with E-state index in [1.807, 2.05) is 41.2 Å². The van der Waals surface area contributed by atoms with Crippen molar-refractivity contribution in [3.05, 3.63) is 57.3 Å². The number of nitrogens with zero attached hydrogens (tertiary/aromatic N) is 1. The molecule has 0 saturated heterocycles. The number of aromatic nitrogens is 2. The number of rotatable bonds is 4. The molecule has 0 amide bonds. The van der Waals surface area contributed by atoms with Crippen molar-refractivity contribution in [1.82, 2.24) is 9.97 Å². The number of hydrogen-bond donors (Lipinski definition) is 2. The highest BCUT2D eigenvalue weighted by Crippen LogP contribution is 2.12. The Bertz CT molecular complexity index is 734. The third kappa shape index (κ3) is 2.66. The number of hydrogen-bond acceptors (Lipinski definition) is 4. The first kappa shape index (κ1) is 11.9. The highest BCUT2D eigenvalue weighted by atomic mass is 32.1. The largest absolute Gasteiger partial charge is 0.371 e. The van der Waals surface area contributed by atoms with Gasteiger partial charge in [-0.05, 0) is 17.5 Å². The monoisotopic (exact) mass is 271 g/mol. The predicted octanol–water partition coefficient (Wildman–Crippen LogP) is 2.64. The lowest BCUT2D eigenvalue weighted by atomic mass is 10.2. The zero-order valence-electron chi connectivity index (χ0n) is 10.2. The highest BCUT2D eigenvalue weighted by molar-refractivity contribution is 7.07. The topological polar surface area (TPSA) is 57.8 Å². The third-order valence-electron chi connectivity index (χ3n) is 2.93. The van der Waals surface area contributed by atoms with Crippen LogP contribution in [0.2, 0.25) is 0 Å². The van der Waals surface area contributed by atoms with Crippen molar-refractivity contribution >= 4 is 27.9 Å². The van der Waals surface area contributed by atoms with E-state index >= 15 is 0 Å². The van der Waals surface area contributed by atoms with Gasteiger partial charge in [0.15, 0.2) is 0 Å². The molecule has 0 fully saturated rings. The van der Waals surface area contributed by atoms with Crippen LogP contribution in [0.15, 0.2) is 46.0 Å². The molecule has 0 unspecified atom stereocenters. The van der Waals surface area contributed by atoms with Crippen LogP contribution in [0.1, 0.15) is 5.69 Å². The average molecular weight is 271 g/mol. The fraction of sp³-hybridized carbons (Fsp3) is 0.143. The molecule has 2 aromatic heterocycles. The molecule has 0 saturated carbocycles. The van der Waals surface area contributed by atoms with E-state index in [0.717, 1.165) is 29.9 Å². The van der Waals surface area contributed by atoms with Gasteiger partial charge in [-0.2, -0.15) is 0 Å². The van der Waals surface area contributed by atoms with Crippen LogP contribution in [-0.2, 0) is 6.42 Å². The summed E-state index contributed by atoms with van der Waals surface area (Å²) in [4.78, 5) is 19.0. The van der Waals surface area contributed by atoms with Crippen LogP contribution < -0.4 is 10.9 Å². The Kier molecular flexibility index (Phi) is 3.29. The Labute approximate surface area is 114 Å². The molecule has 0 spiro atoms. The molecule has 0 aliphatic heterocycles. The summed E-state index contributed by atoms with van der Waals surface area (Å²) in [6.45, 7) is 0.748. The normalized spacial score (nSPS) is 10.7. The van der Waals surface area contributed by atoms with Gasteiger partial charge in [-0.3, -0.25) is 4.79 Å². The van der Waals surface area contributed by atoms with Gasteiger partial charge < -0.3 is 10.3 Å². The standard InChI is InChI=1S/C14H13N3OS/c18-14-12-4-2-1-3-10(12)7-13(17-14)15-6-5-11-8-19-9-16-11/h1-4,7-9H,5-6H2,(H2,15,17,18). The minimum Gasteiger partial charge on any atom is -0.371 e. The van der Waals surface area contributed by atoms with Gasteiger partial charge in [0.05, 0.1) is 11.2 Å². The zero-order valence-corrected chi connectivity index (χ0v) is 11.0. The maximum Gasteiger partial charge on any atom is 0.257 e. The molecular weight excluding hydrogens is 258 g/mol. The molecule has 3 aromatic rings. The smallest absolute Gasteiger partial charge is 0.257 e. The average Bonchev–Trinajstić information content (AvgIpc) is 2.92. The second-order valence-electron chi connectivity index (χ2n) is 4.26. The van der Waals surface area contributed by atoms with Crippen molar-refractivity contribution in [2.75, 3.05) is 11.9 Å². The van der Waals surface area contributed by atoms with Gasteiger partial charge in [0.25, 0.3) is 5.56 Å². The van der Waals surface area contributed by atoms with Gasteiger partial charge in [0.2, 0.25) is 0 Å². The molecule has 0 aliphatic carbocycles. The summed E-state index contributed by atoms with van der Waals surface area (Å²) in [6, 6.07) is 9.52. The van der Waals surface area contributed by atoms with Gasteiger partial charge in [0.1, 0.15) is 5.82 Å². The van der Waals surface area contributed by atoms with E-state index in [1.165, 1.54) is 0 Å². The number of nitrogens with one attached hydrogen (secondary N) is 2. The summed E-state index contributed by atoms with van der Waals surface area (Å²) in [5.74, 6) is 0.749. The molecule has 19 heavy (non-hydrogen) atoms. The summed E-state index contributed by atoms with van der Waals surface area (Å²) in [5.41, 5.74) is 2.84. The van der Waals surface area contributed by atoms with Gasteiger partial charge in [-0.25, -0.2) is 4.98 Å². The van der Waals surface area contributed by atoms with Crippen LogP contribution in [0.25, 0.3) is 10.8 Å². The number of H-pyrrole nitrogens is 1. The molecule has 4 nitrogen and oxygen atoms in total. The number of anilines is 1. The number of fused-ring (bicyclic) bond motifs is 1. The lowest BCUT2D eigenvalue weighted by Gasteiger charge is -2.06. The van der Waals surface area contributed by atoms with Gasteiger partial charge >= 0.3 is 0 Å². The first-order chi connectivity index (χ1) is 9.33.